The van der Waals surface area contributed by atoms with Crippen LogP contribution in [0.5, 0.6) is 0 Å². The van der Waals surface area contributed by atoms with E-state index in [9.17, 15) is 9.59 Å². The Morgan fingerprint density at radius 3 is 2.67 bits per heavy atom. The molecule has 0 saturated heterocycles. The second-order valence-corrected chi connectivity index (χ2v) is 8.30. The summed E-state index contributed by atoms with van der Waals surface area (Å²) in [7, 11) is 0. The molecule has 0 bridgehead atoms. The minimum absolute atomic E-state index is 0.0909. The third kappa shape index (κ3) is 5.96. The van der Waals surface area contributed by atoms with E-state index in [1.165, 1.54) is 17.3 Å². The van der Waals surface area contributed by atoms with Crippen LogP contribution in [0.3, 0.4) is 0 Å². The van der Waals surface area contributed by atoms with E-state index < -0.39 is 5.91 Å². The minimum Gasteiger partial charge on any atom is -0.467 e. The number of benzene rings is 1. The van der Waals surface area contributed by atoms with Crippen LogP contribution in [0.25, 0.3) is 0 Å². The average Bonchev–Trinajstić information content (AvgIpc) is 3.36. The first-order chi connectivity index (χ1) is 14.4. The van der Waals surface area contributed by atoms with E-state index in [4.69, 9.17) is 10.2 Å². The lowest BCUT2D eigenvalue weighted by Crippen LogP contribution is -2.30. The van der Waals surface area contributed by atoms with Crippen molar-refractivity contribution in [2.45, 2.75) is 50.2 Å². The van der Waals surface area contributed by atoms with Crippen LogP contribution in [0.15, 0.2) is 52.2 Å². The zero-order chi connectivity index (χ0) is 21.5. The topological polar surface area (TPSA) is 116 Å². The van der Waals surface area contributed by atoms with Crippen molar-refractivity contribution < 1.29 is 14.0 Å². The Balaban J connectivity index is 1.66. The molecule has 30 heavy (non-hydrogen) atoms. The summed E-state index contributed by atoms with van der Waals surface area (Å²) >= 11 is 1.31. The van der Waals surface area contributed by atoms with Gasteiger partial charge < -0.3 is 15.5 Å². The van der Waals surface area contributed by atoms with E-state index in [-0.39, 0.29) is 17.6 Å². The predicted molar refractivity (Wildman–Crippen MR) is 114 cm³/mol. The maximum atomic E-state index is 12.6. The highest BCUT2D eigenvalue weighted by atomic mass is 32.2. The van der Waals surface area contributed by atoms with Gasteiger partial charge in [-0.05, 0) is 31.5 Å². The second kappa shape index (κ2) is 10.1. The highest BCUT2D eigenvalue weighted by Gasteiger charge is 2.21. The Morgan fingerprint density at radius 2 is 2.00 bits per heavy atom. The van der Waals surface area contributed by atoms with Crippen LogP contribution in [0.2, 0.25) is 0 Å². The first kappa shape index (κ1) is 21.6. The van der Waals surface area contributed by atoms with Crippen LogP contribution < -0.4 is 11.1 Å². The lowest BCUT2D eigenvalue weighted by atomic mass is 10.1. The van der Waals surface area contributed by atoms with Crippen molar-refractivity contribution in [1.82, 2.24) is 20.1 Å². The summed E-state index contributed by atoms with van der Waals surface area (Å²) in [5.41, 5.74) is 7.49. The smallest absolute Gasteiger partial charge is 0.233 e. The Labute approximate surface area is 179 Å². The number of amides is 2. The monoisotopic (exact) mass is 427 g/mol. The second-order valence-electron chi connectivity index (χ2n) is 6.99. The summed E-state index contributed by atoms with van der Waals surface area (Å²) in [5.74, 6) is 0.862. The number of hydrogen-bond acceptors (Lipinski definition) is 6. The molecule has 2 amide bonds. The zero-order valence-electron chi connectivity index (χ0n) is 17.0. The minimum atomic E-state index is -0.402. The van der Waals surface area contributed by atoms with Gasteiger partial charge in [0.15, 0.2) is 5.16 Å². The van der Waals surface area contributed by atoms with E-state index in [2.05, 4.69) is 15.5 Å². The van der Waals surface area contributed by atoms with E-state index >= 15 is 0 Å². The quantitative estimate of drug-likeness (QED) is 0.480. The van der Waals surface area contributed by atoms with Crippen molar-refractivity contribution in [3.8, 4) is 0 Å². The number of nitrogens with two attached hydrogens (primary N) is 1. The molecule has 0 saturated carbocycles. The van der Waals surface area contributed by atoms with Gasteiger partial charge in [-0.15, -0.1) is 10.2 Å². The van der Waals surface area contributed by atoms with Gasteiger partial charge in [0, 0.05) is 19.4 Å². The molecular weight excluding hydrogens is 402 g/mol. The maximum absolute atomic E-state index is 12.6. The first-order valence-electron chi connectivity index (χ1n) is 9.65. The van der Waals surface area contributed by atoms with E-state index in [1.807, 2.05) is 48.7 Å². The van der Waals surface area contributed by atoms with Crippen LogP contribution in [0.4, 0.5) is 0 Å². The lowest BCUT2D eigenvalue weighted by Gasteiger charge is -2.13. The van der Waals surface area contributed by atoms with Gasteiger partial charge in [-0.2, -0.15) is 0 Å². The van der Waals surface area contributed by atoms with Crippen LogP contribution in [-0.4, -0.2) is 31.8 Å². The van der Waals surface area contributed by atoms with E-state index in [0.717, 1.165) is 11.3 Å². The molecule has 3 rings (SSSR count). The Bertz CT molecular complexity index is 983. The van der Waals surface area contributed by atoms with E-state index in [0.29, 0.717) is 30.5 Å². The van der Waals surface area contributed by atoms with Gasteiger partial charge in [-0.1, -0.05) is 41.6 Å². The van der Waals surface area contributed by atoms with Crippen molar-refractivity contribution in [2.24, 2.45) is 5.73 Å². The Hall–Kier alpha value is -3.07. The number of furan rings is 1. The SMILES string of the molecule is Cc1ccc(CNC(=O)C(C)Sc2nnc(CCC(N)=O)n2Cc2ccco2)cc1. The summed E-state index contributed by atoms with van der Waals surface area (Å²) in [6, 6.07) is 11.7. The molecule has 0 radical (unpaired) electrons. The van der Waals surface area contributed by atoms with E-state index in [1.54, 1.807) is 12.3 Å². The molecule has 9 heteroatoms. The van der Waals surface area contributed by atoms with Crippen molar-refractivity contribution in [2.75, 3.05) is 0 Å². The number of thioether (sulfide) groups is 1. The molecule has 1 unspecified atom stereocenters. The molecule has 2 aromatic heterocycles. The largest absolute Gasteiger partial charge is 0.467 e. The zero-order valence-corrected chi connectivity index (χ0v) is 17.8. The summed E-state index contributed by atoms with van der Waals surface area (Å²) < 4.78 is 7.29. The third-order valence-electron chi connectivity index (χ3n) is 4.52. The normalized spacial score (nSPS) is 11.9. The van der Waals surface area contributed by atoms with Gasteiger partial charge in [0.2, 0.25) is 11.8 Å². The van der Waals surface area contributed by atoms with Crippen LogP contribution in [0.1, 0.15) is 36.1 Å². The number of nitrogens with zero attached hydrogens (tertiary/aromatic N) is 3. The molecule has 1 atom stereocenters. The molecule has 0 aliphatic carbocycles. The number of rotatable bonds is 10. The van der Waals surface area contributed by atoms with Crippen molar-refractivity contribution in [3.05, 3.63) is 65.4 Å². The molecule has 3 N–H and O–H groups in total. The molecule has 0 fully saturated rings. The first-order valence-corrected chi connectivity index (χ1v) is 10.5. The van der Waals surface area contributed by atoms with Gasteiger partial charge in [-0.3, -0.25) is 14.2 Å². The predicted octanol–water partition coefficient (Wildman–Crippen LogP) is 2.44. The summed E-state index contributed by atoms with van der Waals surface area (Å²) in [5, 5.41) is 11.6. The highest BCUT2D eigenvalue weighted by Crippen LogP contribution is 2.24. The third-order valence-corrected chi connectivity index (χ3v) is 5.60. The molecule has 2 heterocycles. The number of hydrogen-bond donors (Lipinski definition) is 2. The van der Waals surface area contributed by atoms with Gasteiger partial charge in [-0.25, -0.2) is 0 Å². The molecule has 1 aromatic carbocycles. The Morgan fingerprint density at radius 1 is 1.23 bits per heavy atom. The number of primary amides is 1. The van der Waals surface area contributed by atoms with Gasteiger partial charge in [0.05, 0.1) is 18.1 Å². The summed E-state index contributed by atoms with van der Waals surface area (Å²) in [4.78, 5) is 23.7. The van der Waals surface area contributed by atoms with Gasteiger partial charge >= 0.3 is 0 Å². The summed E-state index contributed by atoms with van der Waals surface area (Å²) in [6.45, 7) is 4.73. The fraction of sp³-hybridized carbons (Fsp3) is 0.333. The molecule has 0 aliphatic rings. The Kier molecular flexibility index (Phi) is 7.29. The number of nitrogens with one attached hydrogen (secondary N) is 1. The number of aryl methyl sites for hydroxylation is 2. The van der Waals surface area contributed by atoms with Crippen LogP contribution in [-0.2, 0) is 29.1 Å². The lowest BCUT2D eigenvalue weighted by molar-refractivity contribution is -0.120. The number of carbonyl (C=O) groups excluding carboxylic acids is 2. The highest BCUT2D eigenvalue weighted by molar-refractivity contribution is 8.00. The van der Waals surface area contributed by atoms with Gasteiger partial charge in [0.1, 0.15) is 11.6 Å². The number of carbonyl (C=O) groups is 2. The van der Waals surface area contributed by atoms with Crippen LogP contribution >= 0.6 is 11.8 Å². The number of aromatic nitrogens is 3. The molecule has 3 aromatic rings. The maximum Gasteiger partial charge on any atom is 0.233 e. The fourth-order valence-corrected chi connectivity index (χ4v) is 3.69. The standard InChI is InChI=1S/C21H25N5O3S/c1-14-5-7-16(8-6-14)12-23-20(28)15(2)30-21-25-24-19(10-9-18(22)27)26(21)13-17-4-3-11-29-17/h3-8,11,15H,9-10,12-13H2,1-2H3,(H2,22,27)(H,23,28). The van der Waals surface area contributed by atoms with Crippen molar-refractivity contribution in [3.63, 3.8) is 0 Å². The van der Waals surface area contributed by atoms with Crippen molar-refractivity contribution >= 4 is 23.6 Å². The fourth-order valence-electron chi connectivity index (χ4n) is 2.79. The van der Waals surface area contributed by atoms with Crippen molar-refractivity contribution in [1.29, 1.82) is 0 Å². The average molecular weight is 428 g/mol. The molecule has 0 spiro atoms. The summed E-state index contributed by atoms with van der Waals surface area (Å²) in [6.07, 6.45) is 2.14. The van der Waals surface area contributed by atoms with Crippen LogP contribution in [0, 0.1) is 6.92 Å². The molecular formula is C21H25N5O3S. The molecule has 158 valence electrons. The van der Waals surface area contributed by atoms with Gasteiger partial charge in [0.25, 0.3) is 0 Å². The molecule has 0 aliphatic heterocycles. The molecule has 8 nitrogen and oxygen atoms in total.